The minimum absolute atomic E-state index is 0.352. The Kier molecular flexibility index (Phi) is 5.73. The van der Waals surface area contributed by atoms with Crippen molar-refractivity contribution in [3.63, 3.8) is 0 Å². The molecule has 2 aromatic heterocycles. The highest BCUT2D eigenvalue weighted by Gasteiger charge is 2.41. The molecule has 1 saturated carbocycles. The third kappa shape index (κ3) is 4.63. The fourth-order valence-electron chi connectivity index (χ4n) is 3.38. The summed E-state index contributed by atoms with van der Waals surface area (Å²) in [6.45, 7) is -0.362. The van der Waals surface area contributed by atoms with Crippen molar-refractivity contribution in [1.29, 1.82) is 0 Å². The van der Waals surface area contributed by atoms with Crippen LogP contribution in [0.3, 0.4) is 0 Å². The summed E-state index contributed by atoms with van der Waals surface area (Å²) in [6.07, 6.45) is 0.504. The zero-order valence-electron chi connectivity index (χ0n) is 15.3. The lowest BCUT2D eigenvalue weighted by Crippen LogP contribution is -2.47. The molecule has 0 radical (unpaired) electrons. The van der Waals surface area contributed by atoms with E-state index in [0.717, 1.165) is 30.1 Å². The highest BCUT2D eigenvalue weighted by atomic mass is 19.4. The van der Waals surface area contributed by atoms with Gasteiger partial charge in [0.05, 0.1) is 30.1 Å². The van der Waals surface area contributed by atoms with Gasteiger partial charge in [-0.1, -0.05) is 25.7 Å². The van der Waals surface area contributed by atoms with E-state index in [1.54, 1.807) is 5.10 Å². The molecule has 158 valence electrons. The number of carbonyl (C=O) groups is 1. The smallest absolute Gasteiger partial charge is 0.388 e. The maximum atomic E-state index is 13.5. The van der Waals surface area contributed by atoms with Crippen LogP contribution in [0, 0.1) is 5.82 Å². The number of halogens is 4. The zero-order chi connectivity index (χ0) is 21.2. The first-order valence-corrected chi connectivity index (χ1v) is 9.03. The number of alkyl halides is 3. The number of hydrogen-bond acceptors (Lipinski definition) is 6. The van der Waals surface area contributed by atoms with Gasteiger partial charge in [0.25, 0.3) is 5.91 Å². The highest BCUT2D eigenvalue weighted by Crippen LogP contribution is 2.33. The fourth-order valence-corrected chi connectivity index (χ4v) is 3.38. The van der Waals surface area contributed by atoms with E-state index in [9.17, 15) is 27.5 Å². The number of aromatic nitrogens is 4. The molecule has 12 heteroatoms. The molecule has 1 fully saturated rings. The first-order valence-electron chi connectivity index (χ1n) is 9.03. The number of aliphatic hydroxyl groups is 1. The summed E-state index contributed by atoms with van der Waals surface area (Å²) < 4.78 is 53.1. The van der Waals surface area contributed by atoms with Crippen LogP contribution in [-0.2, 0) is 6.18 Å². The lowest BCUT2D eigenvalue weighted by atomic mass is 9.93. The molecule has 4 N–H and O–H groups in total. The molecule has 0 aromatic carbocycles. The monoisotopic (exact) mass is 416 g/mol. The van der Waals surface area contributed by atoms with Crippen molar-refractivity contribution in [2.75, 3.05) is 17.2 Å². The molecular formula is C17H20F4N6O2. The quantitative estimate of drug-likeness (QED) is 0.521. The first-order chi connectivity index (χ1) is 13.6. The van der Waals surface area contributed by atoms with Gasteiger partial charge in [-0.05, 0) is 12.8 Å². The number of hydrogen-bond donors (Lipinski definition) is 3. The number of nitrogens with zero attached hydrogens (tertiary/aromatic N) is 4. The average molecular weight is 416 g/mol. The number of amides is 1. The topological polar surface area (TPSA) is 121 Å². The molecule has 29 heavy (non-hydrogen) atoms. The molecule has 1 aliphatic rings. The molecule has 0 spiro atoms. The molecule has 3 rings (SSSR count). The van der Waals surface area contributed by atoms with Gasteiger partial charge >= 0.3 is 6.18 Å². The summed E-state index contributed by atoms with van der Waals surface area (Å²) in [7, 11) is 0. The van der Waals surface area contributed by atoms with Crippen LogP contribution in [-0.4, -0.2) is 43.3 Å². The van der Waals surface area contributed by atoms with Gasteiger partial charge < -0.3 is 10.8 Å². The third-order valence-electron chi connectivity index (χ3n) is 4.89. The lowest BCUT2D eigenvalue weighted by Gasteiger charge is -2.32. The van der Waals surface area contributed by atoms with E-state index in [4.69, 9.17) is 5.73 Å². The predicted octanol–water partition coefficient (Wildman–Crippen LogP) is 2.67. The number of nitrogen functional groups attached to an aromatic ring is 1. The summed E-state index contributed by atoms with van der Waals surface area (Å²) in [5, 5.41) is 16.1. The van der Waals surface area contributed by atoms with E-state index in [1.807, 2.05) is 0 Å². The number of nitrogens with one attached hydrogen (secondary N) is 1. The molecule has 2 aromatic rings. The minimum atomic E-state index is -4.85. The molecule has 1 amide bonds. The summed E-state index contributed by atoms with van der Waals surface area (Å²) in [4.78, 5) is 21.2. The van der Waals surface area contributed by atoms with Gasteiger partial charge in [0.2, 0.25) is 5.95 Å². The van der Waals surface area contributed by atoms with E-state index in [0.29, 0.717) is 25.7 Å². The fraction of sp³-hybridized carbons (Fsp3) is 0.529. The third-order valence-corrected chi connectivity index (χ3v) is 4.89. The van der Waals surface area contributed by atoms with Crippen molar-refractivity contribution in [2.24, 2.45) is 0 Å². The van der Waals surface area contributed by atoms with Crippen LogP contribution in [0.25, 0.3) is 0 Å². The Morgan fingerprint density at radius 1 is 1.24 bits per heavy atom. The first kappa shape index (κ1) is 21.0. The van der Waals surface area contributed by atoms with Crippen LogP contribution in [0.15, 0.2) is 12.4 Å². The molecule has 0 saturated heterocycles. The van der Waals surface area contributed by atoms with Crippen molar-refractivity contribution in [1.82, 2.24) is 20.2 Å². The van der Waals surface area contributed by atoms with Gasteiger partial charge in [-0.2, -0.15) is 23.3 Å². The second kappa shape index (κ2) is 7.93. The molecule has 0 bridgehead atoms. The van der Waals surface area contributed by atoms with Crippen molar-refractivity contribution in [2.45, 2.75) is 50.3 Å². The van der Waals surface area contributed by atoms with Crippen LogP contribution in [0.5, 0.6) is 0 Å². The van der Waals surface area contributed by atoms with E-state index < -0.39 is 46.5 Å². The van der Waals surface area contributed by atoms with Gasteiger partial charge in [0.15, 0.2) is 17.3 Å². The number of rotatable bonds is 4. The second-order valence-corrected chi connectivity index (χ2v) is 7.09. The zero-order valence-corrected chi connectivity index (χ0v) is 15.3. The molecule has 1 aliphatic carbocycles. The predicted molar refractivity (Wildman–Crippen MR) is 94.3 cm³/mol. The Bertz CT molecular complexity index is 877. The SMILES string of the molecule is Nc1nc(N(CC2(O)CCCCCC2)C(=O)c2cn[nH]c2C(F)(F)F)ncc1F. The Balaban J connectivity index is 2.01. The normalized spacial score (nSPS) is 17.0. The van der Waals surface area contributed by atoms with Crippen LogP contribution in [0.2, 0.25) is 0 Å². The van der Waals surface area contributed by atoms with E-state index in [-0.39, 0.29) is 6.54 Å². The Hall–Kier alpha value is -2.76. The summed E-state index contributed by atoms with van der Waals surface area (Å²) >= 11 is 0. The van der Waals surface area contributed by atoms with Crippen molar-refractivity contribution < 1.29 is 27.5 Å². The maximum Gasteiger partial charge on any atom is 0.433 e. The van der Waals surface area contributed by atoms with Gasteiger partial charge in [0, 0.05) is 0 Å². The van der Waals surface area contributed by atoms with E-state index in [1.165, 1.54) is 0 Å². The van der Waals surface area contributed by atoms with E-state index >= 15 is 0 Å². The van der Waals surface area contributed by atoms with Gasteiger partial charge in [-0.15, -0.1) is 0 Å². The van der Waals surface area contributed by atoms with Gasteiger partial charge in [0.1, 0.15) is 0 Å². The standard InChI is InChI=1S/C17H20F4N6O2/c18-11-8-23-15(25-13(11)22)27(9-16(29)5-3-1-2-4-6-16)14(28)10-7-24-26-12(10)17(19,20)21/h7-8,29H,1-6,9H2,(H,24,26)(H2,22,23,25). The number of aromatic amines is 1. The summed E-state index contributed by atoms with van der Waals surface area (Å²) in [5.41, 5.74) is 2.00. The largest absolute Gasteiger partial charge is 0.433 e. The molecule has 0 aliphatic heterocycles. The lowest BCUT2D eigenvalue weighted by molar-refractivity contribution is -0.141. The Morgan fingerprint density at radius 3 is 2.48 bits per heavy atom. The van der Waals surface area contributed by atoms with Crippen LogP contribution < -0.4 is 10.6 Å². The second-order valence-electron chi connectivity index (χ2n) is 7.09. The van der Waals surface area contributed by atoms with Gasteiger partial charge in [-0.3, -0.25) is 14.8 Å². The Labute approximate surface area is 163 Å². The molecule has 0 atom stereocenters. The van der Waals surface area contributed by atoms with E-state index in [2.05, 4.69) is 15.1 Å². The molecule has 0 unspecified atom stereocenters. The average Bonchev–Trinajstić information content (AvgIpc) is 3.06. The van der Waals surface area contributed by atoms with Crippen LogP contribution in [0.4, 0.5) is 29.3 Å². The molecular weight excluding hydrogens is 396 g/mol. The number of H-pyrrole nitrogens is 1. The summed E-state index contributed by atoms with van der Waals surface area (Å²) in [5.74, 6) is -3.03. The van der Waals surface area contributed by atoms with Crippen molar-refractivity contribution in [3.8, 4) is 0 Å². The number of anilines is 2. The van der Waals surface area contributed by atoms with Crippen molar-refractivity contribution in [3.05, 3.63) is 29.5 Å². The maximum absolute atomic E-state index is 13.5. The minimum Gasteiger partial charge on any atom is -0.388 e. The number of nitrogens with two attached hydrogens (primary N) is 1. The Morgan fingerprint density at radius 2 is 1.90 bits per heavy atom. The molecule has 8 nitrogen and oxygen atoms in total. The summed E-state index contributed by atoms with van der Waals surface area (Å²) in [6, 6.07) is 0. The van der Waals surface area contributed by atoms with Crippen molar-refractivity contribution >= 4 is 17.7 Å². The van der Waals surface area contributed by atoms with Crippen LogP contribution in [0.1, 0.15) is 54.6 Å². The highest BCUT2D eigenvalue weighted by molar-refractivity contribution is 6.06. The van der Waals surface area contributed by atoms with Crippen LogP contribution >= 0.6 is 0 Å². The molecule has 2 heterocycles. The number of carbonyl (C=O) groups excluding carboxylic acids is 1. The van der Waals surface area contributed by atoms with Gasteiger partial charge in [-0.25, -0.2) is 9.37 Å².